The van der Waals surface area contributed by atoms with Crippen LogP contribution in [0.3, 0.4) is 0 Å². The molecule has 0 saturated heterocycles. The molecule has 4 nitrogen and oxygen atoms in total. The van der Waals surface area contributed by atoms with Crippen LogP contribution in [0.2, 0.25) is 0 Å². The average molecular weight is 195 g/mol. The molecule has 0 aromatic heterocycles. The van der Waals surface area contributed by atoms with Crippen LogP contribution >= 0.6 is 0 Å². The molecule has 1 heterocycles. The predicted molar refractivity (Wildman–Crippen MR) is 51.3 cm³/mol. The summed E-state index contributed by atoms with van der Waals surface area (Å²) >= 11 is 0. The molecule has 0 radical (unpaired) electrons. The van der Waals surface area contributed by atoms with Gasteiger partial charge in [-0.05, 0) is 12.1 Å². The first kappa shape index (κ1) is 9.30. The molecule has 2 rings (SSSR count). The molecule has 1 aromatic rings. The van der Waals surface area contributed by atoms with Crippen LogP contribution in [-0.2, 0) is 6.42 Å². The van der Waals surface area contributed by atoms with Crippen molar-refractivity contribution in [2.45, 2.75) is 12.5 Å². The van der Waals surface area contributed by atoms with Gasteiger partial charge in [-0.15, -0.1) is 0 Å². The van der Waals surface area contributed by atoms with Crippen LogP contribution in [-0.4, -0.2) is 23.4 Å². The van der Waals surface area contributed by atoms with Gasteiger partial charge in [-0.3, -0.25) is 0 Å². The van der Waals surface area contributed by atoms with Gasteiger partial charge in [-0.2, -0.15) is 0 Å². The van der Waals surface area contributed by atoms with E-state index in [1.807, 2.05) is 0 Å². The third kappa shape index (κ3) is 1.42. The fourth-order valence-electron chi connectivity index (χ4n) is 1.62. The van der Waals surface area contributed by atoms with Crippen LogP contribution in [0.25, 0.3) is 0 Å². The van der Waals surface area contributed by atoms with Crippen LogP contribution in [0.15, 0.2) is 12.1 Å². The Morgan fingerprint density at radius 3 is 3.00 bits per heavy atom. The number of fused-ring (bicyclic) bond motifs is 1. The van der Waals surface area contributed by atoms with Gasteiger partial charge >= 0.3 is 0 Å². The summed E-state index contributed by atoms with van der Waals surface area (Å²) in [5.74, 6) is 0.831. The quantitative estimate of drug-likeness (QED) is 0.635. The highest BCUT2D eigenvalue weighted by Crippen LogP contribution is 2.34. The molecular weight excluding hydrogens is 182 g/mol. The third-order valence-corrected chi connectivity index (χ3v) is 2.42. The molecule has 1 atom stereocenters. The van der Waals surface area contributed by atoms with Gasteiger partial charge in [-0.1, -0.05) is 0 Å². The van der Waals surface area contributed by atoms with E-state index in [1.165, 1.54) is 0 Å². The summed E-state index contributed by atoms with van der Waals surface area (Å²) < 4.78 is 5.33. The van der Waals surface area contributed by atoms with Crippen LogP contribution in [0, 0.1) is 0 Å². The van der Waals surface area contributed by atoms with Crippen LogP contribution < -0.4 is 10.5 Å². The van der Waals surface area contributed by atoms with Gasteiger partial charge in [0.1, 0.15) is 11.5 Å². The molecule has 14 heavy (non-hydrogen) atoms. The number of nitrogens with two attached hydrogens (primary N) is 1. The number of phenols is 1. The van der Waals surface area contributed by atoms with E-state index in [-0.39, 0.29) is 12.3 Å². The van der Waals surface area contributed by atoms with E-state index in [9.17, 15) is 10.2 Å². The minimum absolute atomic E-state index is 0.0896. The van der Waals surface area contributed by atoms with Crippen molar-refractivity contribution >= 4 is 0 Å². The Bertz CT molecular complexity index is 351. The lowest BCUT2D eigenvalue weighted by Crippen LogP contribution is -2.11. The molecule has 1 aromatic carbocycles. The van der Waals surface area contributed by atoms with E-state index in [0.29, 0.717) is 12.2 Å². The summed E-state index contributed by atoms with van der Waals surface area (Å²) in [5, 5.41) is 19.1. The number of rotatable bonds is 2. The van der Waals surface area contributed by atoms with Gasteiger partial charge in [0.15, 0.2) is 0 Å². The molecule has 76 valence electrons. The topological polar surface area (TPSA) is 75.7 Å². The standard InChI is InChI=1S/C10H13NO3/c11-5-9(13)7-4-10-6(1-2-14-10)3-8(7)12/h3-4,9,12-13H,1-2,5,11H2. The molecular formula is C10H13NO3. The van der Waals surface area contributed by atoms with Gasteiger partial charge in [-0.25, -0.2) is 0 Å². The molecule has 0 aliphatic carbocycles. The highest BCUT2D eigenvalue weighted by Gasteiger charge is 2.18. The van der Waals surface area contributed by atoms with E-state index in [0.717, 1.165) is 17.7 Å². The molecule has 1 aliphatic heterocycles. The number of aliphatic hydroxyl groups is 1. The van der Waals surface area contributed by atoms with Crippen molar-refractivity contribution in [3.8, 4) is 11.5 Å². The Morgan fingerprint density at radius 2 is 2.29 bits per heavy atom. The van der Waals surface area contributed by atoms with Crippen LogP contribution in [0.4, 0.5) is 0 Å². The zero-order chi connectivity index (χ0) is 10.1. The van der Waals surface area contributed by atoms with Crippen molar-refractivity contribution in [2.24, 2.45) is 5.73 Å². The molecule has 4 N–H and O–H groups in total. The third-order valence-electron chi connectivity index (χ3n) is 2.42. The van der Waals surface area contributed by atoms with Crippen molar-refractivity contribution < 1.29 is 14.9 Å². The number of benzene rings is 1. The number of hydrogen-bond donors (Lipinski definition) is 3. The number of aromatic hydroxyl groups is 1. The number of aliphatic hydroxyl groups excluding tert-OH is 1. The molecule has 1 unspecified atom stereocenters. The number of hydrogen-bond acceptors (Lipinski definition) is 4. The van der Waals surface area contributed by atoms with Crippen molar-refractivity contribution in [1.29, 1.82) is 0 Å². The highest BCUT2D eigenvalue weighted by molar-refractivity contribution is 5.48. The number of phenolic OH excluding ortho intramolecular Hbond substituents is 1. The highest BCUT2D eigenvalue weighted by atomic mass is 16.5. The summed E-state index contributed by atoms with van der Waals surface area (Å²) in [6.07, 6.45) is -0.0217. The number of ether oxygens (including phenoxy) is 1. The first-order chi connectivity index (χ1) is 6.72. The summed E-state index contributed by atoms with van der Waals surface area (Å²) in [4.78, 5) is 0. The zero-order valence-electron chi connectivity index (χ0n) is 7.73. The molecule has 0 spiro atoms. The Kier molecular flexibility index (Phi) is 2.31. The van der Waals surface area contributed by atoms with Gasteiger partial charge in [0, 0.05) is 24.1 Å². The molecule has 1 aliphatic rings. The Hall–Kier alpha value is -1.26. The lowest BCUT2D eigenvalue weighted by Gasteiger charge is -2.11. The SMILES string of the molecule is NCC(O)c1cc2c(cc1O)CCO2. The van der Waals surface area contributed by atoms with Gasteiger partial charge in [0.25, 0.3) is 0 Å². The van der Waals surface area contributed by atoms with Gasteiger partial charge in [0.05, 0.1) is 12.7 Å². The fourth-order valence-corrected chi connectivity index (χ4v) is 1.62. The maximum absolute atomic E-state index is 9.61. The normalized spacial score (nSPS) is 16.1. The van der Waals surface area contributed by atoms with E-state index in [2.05, 4.69) is 0 Å². The van der Waals surface area contributed by atoms with Crippen LogP contribution in [0.5, 0.6) is 11.5 Å². The van der Waals surface area contributed by atoms with Gasteiger partial charge in [0.2, 0.25) is 0 Å². The Labute approximate surface area is 81.9 Å². The van der Waals surface area contributed by atoms with Crippen molar-refractivity contribution in [3.05, 3.63) is 23.3 Å². The first-order valence-electron chi connectivity index (χ1n) is 4.59. The van der Waals surface area contributed by atoms with Crippen molar-refractivity contribution in [3.63, 3.8) is 0 Å². The first-order valence-corrected chi connectivity index (χ1v) is 4.59. The summed E-state index contributed by atoms with van der Waals surface area (Å²) in [6, 6.07) is 3.30. The van der Waals surface area contributed by atoms with Gasteiger partial charge < -0.3 is 20.7 Å². The van der Waals surface area contributed by atoms with Crippen LogP contribution in [0.1, 0.15) is 17.2 Å². The lowest BCUT2D eigenvalue weighted by molar-refractivity contribution is 0.182. The summed E-state index contributed by atoms with van der Waals surface area (Å²) in [5.41, 5.74) is 6.74. The fraction of sp³-hybridized carbons (Fsp3) is 0.400. The molecule has 0 fully saturated rings. The van der Waals surface area contributed by atoms with E-state index in [1.54, 1.807) is 12.1 Å². The van der Waals surface area contributed by atoms with E-state index in [4.69, 9.17) is 10.5 Å². The maximum atomic E-state index is 9.61. The largest absolute Gasteiger partial charge is 0.508 e. The minimum Gasteiger partial charge on any atom is -0.508 e. The second-order valence-electron chi connectivity index (χ2n) is 3.37. The maximum Gasteiger partial charge on any atom is 0.123 e. The predicted octanol–water partition coefficient (Wildman–Crippen LogP) is 0.319. The molecule has 0 bridgehead atoms. The van der Waals surface area contributed by atoms with E-state index < -0.39 is 6.10 Å². The molecule has 0 amide bonds. The minimum atomic E-state index is -0.829. The lowest BCUT2D eigenvalue weighted by atomic mass is 10.0. The second-order valence-corrected chi connectivity index (χ2v) is 3.37. The monoisotopic (exact) mass is 195 g/mol. The average Bonchev–Trinajstić information content (AvgIpc) is 2.62. The smallest absolute Gasteiger partial charge is 0.123 e. The Balaban J connectivity index is 2.42. The summed E-state index contributed by atoms with van der Waals surface area (Å²) in [7, 11) is 0. The van der Waals surface area contributed by atoms with E-state index >= 15 is 0 Å². The Morgan fingerprint density at radius 1 is 1.50 bits per heavy atom. The molecule has 0 saturated carbocycles. The van der Waals surface area contributed by atoms with Crippen molar-refractivity contribution in [1.82, 2.24) is 0 Å². The summed E-state index contributed by atoms with van der Waals surface area (Å²) in [6.45, 7) is 0.725. The zero-order valence-corrected chi connectivity index (χ0v) is 7.73. The molecule has 4 heteroatoms. The van der Waals surface area contributed by atoms with Crippen molar-refractivity contribution in [2.75, 3.05) is 13.2 Å². The second kappa shape index (κ2) is 3.48.